The Kier molecular flexibility index (Phi) is 3.79. The zero-order chi connectivity index (χ0) is 11.3. The van der Waals surface area contributed by atoms with Crippen LogP contribution in [0.1, 0.15) is 5.69 Å². The van der Waals surface area contributed by atoms with Crippen LogP contribution in [0.5, 0.6) is 0 Å². The number of nitrogens with zero attached hydrogens (tertiary/aromatic N) is 2. The third-order valence-electron chi connectivity index (χ3n) is 1.96. The van der Waals surface area contributed by atoms with Crippen LogP contribution in [0.3, 0.4) is 0 Å². The van der Waals surface area contributed by atoms with Crippen molar-refractivity contribution in [1.82, 2.24) is 9.88 Å². The predicted molar refractivity (Wildman–Crippen MR) is 53.2 cm³/mol. The van der Waals surface area contributed by atoms with Gasteiger partial charge in [-0.25, -0.2) is 4.79 Å². The first-order chi connectivity index (χ1) is 7.11. The largest absolute Gasteiger partial charge is 0.474 e. The molecule has 5 heteroatoms. The van der Waals surface area contributed by atoms with E-state index >= 15 is 0 Å². The van der Waals surface area contributed by atoms with Crippen LogP contribution in [0.2, 0.25) is 0 Å². The Hall–Kier alpha value is -1.91. The molecule has 5 nitrogen and oxygen atoms in total. The summed E-state index contributed by atoms with van der Waals surface area (Å²) in [7, 11) is 1.46. The van der Waals surface area contributed by atoms with Crippen molar-refractivity contribution in [3.63, 3.8) is 0 Å². The molecule has 0 saturated heterocycles. The molecule has 0 bridgehead atoms. The average Bonchev–Trinajstić information content (AvgIpc) is 2.26. The van der Waals surface area contributed by atoms with Crippen molar-refractivity contribution in [3.8, 4) is 0 Å². The first kappa shape index (κ1) is 11.2. The van der Waals surface area contributed by atoms with E-state index in [1.54, 1.807) is 12.3 Å². The summed E-state index contributed by atoms with van der Waals surface area (Å²) in [6.45, 7) is 0.349. The minimum Gasteiger partial charge on any atom is -0.474 e. The lowest BCUT2D eigenvalue weighted by Crippen LogP contribution is -2.34. The number of rotatable bonds is 3. The Bertz CT molecular complexity index is 351. The minimum atomic E-state index is -1.43. The van der Waals surface area contributed by atoms with Crippen molar-refractivity contribution < 1.29 is 14.7 Å². The fraction of sp³-hybridized carbons (Fsp3) is 0.300. The Morgan fingerprint density at radius 3 is 2.73 bits per heavy atom. The van der Waals surface area contributed by atoms with E-state index in [9.17, 15) is 9.59 Å². The van der Waals surface area contributed by atoms with E-state index in [1.165, 1.54) is 7.05 Å². The van der Waals surface area contributed by atoms with E-state index in [1.807, 2.05) is 12.1 Å². The summed E-state index contributed by atoms with van der Waals surface area (Å²) in [5, 5.41) is 8.44. The van der Waals surface area contributed by atoms with E-state index in [4.69, 9.17) is 5.11 Å². The van der Waals surface area contributed by atoms with Gasteiger partial charge in [0.1, 0.15) is 0 Å². The Labute approximate surface area is 87.4 Å². The monoisotopic (exact) mass is 208 g/mol. The van der Waals surface area contributed by atoms with Gasteiger partial charge >= 0.3 is 11.9 Å². The van der Waals surface area contributed by atoms with Crippen molar-refractivity contribution in [2.75, 3.05) is 13.6 Å². The number of hydrogen-bond donors (Lipinski definition) is 1. The van der Waals surface area contributed by atoms with E-state index in [0.717, 1.165) is 10.6 Å². The lowest BCUT2D eigenvalue weighted by molar-refractivity contribution is -0.155. The number of amides is 1. The number of pyridine rings is 1. The highest BCUT2D eigenvalue weighted by Crippen LogP contribution is 1.96. The third kappa shape index (κ3) is 3.38. The van der Waals surface area contributed by atoms with Gasteiger partial charge in [0.2, 0.25) is 0 Å². The van der Waals surface area contributed by atoms with Gasteiger partial charge in [-0.1, -0.05) is 6.07 Å². The second-order valence-electron chi connectivity index (χ2n) is 3.10. The number of aliphatic carboxylic acids is 1. The summed E-state index contributed by atoms with van der Waals surface area (Å²) in [4.78, 5) is 26.5. The van der Waals surface area contributed by atoms with Gasteiger partial charge in [0.15, 0.2) is 0 Å². The average molecular weight is 208 g/mol. The highest BCUT2D eigenvalue weighted by atomic mass is 16.4. The van der Waals surface area contributed by atoms with E-state index < -0.39 is 11.9 Å². The van der Waals surface area contributed by atoms with Crippen LogP contribution in [-0.2, 0) is 16.0 Å². The minimum absolute atomic E-state index is 0.349. The second-order valence-corrected chi connectivity index (χ2v) is 3.10. The lowest BCUT2D eigenvalue weighted by atomic mass is 10.2. The van der Waals surface area contributed by atoms with Gasteiger partial charge in [-0.05, 0) is 12.1 Å². The molecule has 1 N–H and O–H groups in total. The maximum absolute atomic E-state index is 11.0. The van der Waals surface area contributed by atoms with E-state index in [-0.39, 0.29) is 0 Å². The standard InChI is InChI=1S/C10H12N2O3/c1-12(9(13)10(14)15)7-5-8-4-2-3-6-11-8/h2-4,6H,5,7H2,1H3,(H,14,15). The normalized spacial score (nSPS) is 9.67. The zero-order valence-electron chi connectivity index (χ0n) is 8.38. The first-order valence-corrected chi connectivity index (χ1v) is 4.49. The quantitative estimate of drug-likeness (QED) is 0.719. The molecule has 1 amide bonds. The molecule has 1 heterocycles. The van der Waals surface area contributed by atoms with Crippen molar-refractivity contribution >= 4 is 11.9 Å². The molecule has 0 aromatic carbocycles. The molecule has 0 aliphatic rings. The van der Waals surface area contributed by atoms with Crippen molar-refractivity contribution in [1.29, 1.82) is 0 Å². The van der Waals surface area contributed by atoms with E-state index in [0.29, 0.717) is 13.0 Å². The topological polar surface area (TPSA) is 70.5 Å². The second kappa shape index (κ2) is 5.09. The van der Waals surface area contributed by atoms with Crippen molar-refractivity contribution in [3.05, 3.63) is 30.1 Å². The van der Waals surface area contributed by atoms with Gasteiger partial charge in [-0.3, -0.25) is 9.78 Å². The van der Waals surface area contributed by atoms with Gasteiger partial charge in [-0.2, -0.15) is 0 Å². The summed E-state index contributed by atoms with van der Waals surface area (Å²) in [6, 6.07) is 5.48. The number of hydrogen-bond acceptors (Lipinski definition) is 3. The molecular weight excluding hydrogens is 196 g/mol. The van der Waals surface area contributed by atoms with Crippen LogP contribution in [0.4, 0.5) is 0 Å². The van der Waals surface area contributed by atoms with Gasteiger partial charge in [0, 0.05) is 31.9 Å². The summed E-state index contributed by atoms with van der Waals surface area (Å²) in [5.41, 5.74) is 0.836. The van der Waals surface area contributed by atoms with Crippen LogP contribution in [0.25, 0.3) is 0 Å². The molecule has 0 radical (unpaired) electrons. The third-order valence-corrected chi connectivity index (χ3v) is 1.96. The molecule has 0 spiro atoms. The van der Waals surface area contributed by atoms with Gasteiger partial charge in [-0.15, -0.1) is 0 Å². The summed E-state index contributed by atoms with van der Waals surface area (Å²) >= 11 is 0. The number of likely N-dealkylation sites (N-methyl/N-ethyl adjacent to an activating group) is 1. The molecule has 15 heavy (non-hydrogen) atoms. The number of carboxylic acid groups (broad SMARTS) is 1. The smallest absolute Gasteiger partial charge is 0.394 e. The van der Waals surface area contributed by atoms with Crippen LogP contribution >= 0.6 is 0 Å². The number of carbonyl (C=O) groups is 2. The highest BCUT2D eigenvalue weighted by molar-refractivity contribution is 6.31. The molecule has 0 aliphatic heterocycles. The molecule has 0 atom stereocenters. The molecule has 1 aromatic rings. The van der Waals surface area contributed by atoms with Crippen LogP contribution < -0.4 is 0 Å². The van der Waals surface area contributed by atoms with Crippen LogP contribution in [-0.4, -0.2) is 40.5 Å². The molecule has 0 fully saturated rings. The van der Waals surface area contributed by atoms with Crippen LogP contribution in [0, 0.1) is 0 Å². The summed E-state index contributed by atoms with van der Waals surface area (Å²) < 4.78 is 0. The number of carbonyl (C=O) groups excluding carboxylic acids is 1. The molecule has 80 valence electrons. The van der Waals surface area contributed by atoms with Gasteiger partial charge in [0.05, 0.1) is 0 Å². The first-order valence-electron chi connectivity index (χ1n) is 4.49. The molecule has 0 saturated carbocycles. The van der Waals surface area contributed by atoms with Crippen molar-refractivity contribution in [2.45, 2.75) is 6.42 Å². The molecule has 1 aromatic heterocycles. The van der Waals surface area contributed by atoms with Crippen molar-refractivity contribution in [2.24, 2.45) is 0 Å². The zero-order valence-corrected chi connectivity index (χ0v) is 8.38. The van der Waals surface area contributed by atoms with Gasteiger partial charge < -0.3 is 10.0 Å². The maximum atomic E-state index is 11.0. The van der Waals surface area contributed by atoms with Gasteiger partial charge in [0.25, 0.3) is 0 Å². The van der Waals surface area contributed by atoms with Crippen LogP contribution in [0.15, 0.2) is 24.4 Å². The fourth-order valence-electron chi connectivity index (χ4n) is 1.09. The summed E-state index contributed by atoms with van der Waals surface area (Å²) in [5.74, 6) is -2.33. The fourth-order valence-corrected chi connectivity index (χ4v) is 1.09. The Morgan fingerprint density at radius 1 is 1.47 bits per heavy atom. The predicted octanol–water partition coefficient (Wildman–Crippen LogP) is 0.167. The number of carboxylic acids is 1. The SMILES string of the molecule is CN(CCc1ccccn1)C(=O)C(=O)O. The Balaban J connectivity index is 2.44. The highest BCUT2D eigenvalue weighted by Gasteiger charge is 2.16. The summed E-state index contributed by atoms with van der Waals surface area (Å²) in [6.07, 6.45) is 2.21. The Morgan fingerprint density at radius 2 is 2.20 bits per heavy atom. The molecular formula is C10H12N2O3. The number of aromatic nitrogens is 1. The molecule has 0 unspecified atom stereocenters. The van der Waals surface area contributed by atoms with E-state index in [2.05, 4.69) is 4.98 Å². The maximum Gasteiger partial charge on any atom is 0.394 e. The molecule has 0 aliphatic carbocycles. The lowest BCUT2D eigenvalue weighted by Gasteiger charge is -2.13. The molecule has 1 rings (SSSR count).